The summed E-state index contributed by atoms with van der Waals surface area (Å²) in [6, 6.07) is 2.70. The van der Waals surface area contributed by atoms with E-state index in [1.807, 2.05) is 0 Å². The number of ether oxygens (including phenoxy) is 1. The van der Waals surface area contributed by atoms with Crippen molar-refractivity contribution in [2.24, 2.45) is 0 Å². The van der Waals surface area contributed by atoms with Gasteiger partial charge in [0.1, 0.15) is 11.3 Å². The smallest absolute Gasteiger partial charge is 0.342 e. The highest BCUT2D eigenvalue weighted by Gasteiger charge is 2.27. The van der Waals surface area contributed by atoms with Crippen LogP contribution in [0.4, 0.5) is 18.9 Å². The van der Waals surface area contributed by atoms with Crippen molar-refractivity contribution in [3.8, 4) is 11.5 Å². The Morgan fingerprint density at radius 3 is 2.38 bits per heavy atom. The van der Waals surface area contributed by atoms with Crippen molar-refractivity contribution in [2.75, 3.05) is 0 Å². The Hall–Kier alpha value is -2.81. The molecule has 1 unspecified atom stereocenters. The molecule has 2 aromatic carbocycles. The fourth-order valence-electron chi connectivity index (χ4n) is 2.33. The highest BCUT2D eigenvalue weighted by molar-refractivity contribution is 6.19. The van der Waals surface area contributed by atoms with E-state index in [1.54, 1.807) is 0 Å². The predicted molar refractivity (Wildman–Crippen MR) is 85.7 cm³/mol. The number of hydrogen-bond donors (Lipinski definition) is 1. The van der Waals surface area contributed by atoms with Crippen LogP contribution in [-0.4, -0.2) is 16.0 Å². The van der Waals surface area contributed by atoms with Gasteiger partial charge in [0.05, 0.1) is 4.92 Å². The third-order valence-electron chi connectivity index (χ3n) is 3.77. The van der Waals surface area contributed by atoms with E-state index in [-0.39, 0.29) is 16.9 Å². The fraction of sp³-hybridized carbons (Fsp3) is 0.188. The van der Waals surface area contributed by atoms with Gasteiger partial charge in [-0.2, -0.15) is 4.39 Å². The summed E-state index contributed by atoms with van der Waals surface area (Å²) in [6.07, 6.45) is 0. The monoisotopic (exact) mass is 389 g/mol. The molecule has 6 nitrogen and oxygen atoms in total. The van der Waals surface area contributed by atoms with Gasteiger partial charge in [-0.25, -0.2) is 13.6 Å². The lowest BCUT2D eigenvalue weighted by Gasteiger charge is -2.17. The Morgan fingerprint density at radius 1 is 1.27 bits per heavy atom. The summed E-state index contributed by atoms with van der Waals surface area (Å²) in [7, 11) is 0. The molecule has 0 aliphatic rings. The molecule has 0 bridgehead atoms. The highest BCUT2D eigenvalue weighted by Crippen LogP contribution is 2.39. The molecule has 0 fully saturated rings. The number of nitro groups is 1. The molecule has 0 heterocycles. The number of carboxylic acids is 1. The van der Waals surface area contributed by atoms with Crippen LogP contribution in [0.2, 0.25) is 0 Å². The normalized spacial score (nSPS) is 11.9. The van der Waals surface area contributed by atoms with Crippen LogP contribution >= 0.6 is 11.6 Å². The van der Waals surface area contributed by atoms with E-state index in [2.05, 4.69) is 0 Å². The maximum atomic E-state index is 14.3. The lowest BCUT2D eigenvalue weighted by atomic mass is 10.0. The zero-order valence-electron chi connectivity index (χ0n) is 13.3. The maximum Gasteiger partial charge on any atom is 0.342 e. The first kappa shape index (κ1) is 19.5. The van der Waals surface area contributed by atoms with Crippen molar-refractivity contribution in [3.05, 3.63) is 62.2 Å². The quantitative estimate of drug-likeness (QED) is 0.432. The number of hydrogen-bond acceptors (Lipinski definition) is 4. The molecule has 138 valence electrons. The summed E-state index contributed by atoms with van der Waals surface area (Å²) < 4.78 is 46.9. The fourth-order valence-corrected chi connectivity index (χ4v) is 2.59. The number of halogens is 4. The maximum absolute atomic E-state index is 14.3. The van der Waals surface area contributed by atoms with Gasteiger partial charge in [0.15, 0.2) is 11.6 Å². The summed E-state index contributed by atoms with van der Waals surface area (Å²) in [5.74, 6) is -5.53. The molecule has 0 spiro atoms. The molecular weight excluding hydrogens is 379 g/mol. The SMILES string of the molecule is Cc1c(C)c(C(F)Cl)c(F)c(F)c1Oc1ccc([N+](=O)[O-])c(C(=O)O)c1. The minimum Gasteiger partial charge on any atom is -0.477 e. The Kier molecular flexibility index (Phi) is 5.41. The molecule has 0 saturated carbocycles. The lowest BCUT2D eigenvalue weighted by Crippen LogP contribution is -2.06. The van der Waals surface area contributed by atoms with Crippen molar-refractivity contribution in [2.45, 2.75) is 19.5 Å². The van der Waals surface area contributed by atoms with Gasteiger partial charge in [-0.3, -0.25) is 10.1 Å². The van der Waals surface area contributed by atoms with Crippen molar-refractivity contribution < 1.29 is 32.7 Å². The number of aromatic carboxylic acids is 1. The van der Waals surface area contributed by atoms with E-state index in [1.165, 1.54) is 13.8 Å². The first-order chi connectivity index (χ1) is 12.1. The molecular formula is C16H11ClF3NO5. The van der Waals surface area contributed by atoms with E-state index in [9.17, 15) is 28.1 Å². The topological polar surface area (TPSA) is 89.7 Å². The third-order valence-corrected chi connectivity index (χ3v) is 3.99. The molecule has 0 saturated heterocycles. The molecule has 1 N–H and O–H groups in total. The first-order valence-electron chi connectivity index (χ1n) is 7.02. The minimum atomic E-state index is -2.27. The first-order valence-corrected chi connectivity index (χ1v) is 7.45. The van der Waals surface area contributed by atoms with E-state index in [0.717, 1.165) is 18.2 Å². The molecule has 2 aromatic rings. The molecule has 0 radical (unpaired) electrons. The minimum absolute atomic E-state index is 0.0155. The van der Waals surface area contributed by atoms with Crippen LogP contribution in [0.1, 0.15) is 32.7 Å². The largest absolute Gasteiger partial charge is 0.477 e. The van der Waals surface area contributed by atoms with Gasteiger partial charge in [-0.15, -0.1) is 0 Å². The second-order valence-electron chi connectivity index (χ2n) is 5.26. The number of alkyl halides is 2. The number of rotatable bonds is 5. The number of nitro benzene ring substituents is 1. The number of carbonyl (C=O) groups is 1. The second kappa shape index (κ2) is 7.20. The zero-order valence-corrected chi connectivity index (χ0v) is 14.1. The van der Waals surface area contributed by atoms with Crippen LogP contribution < -0.4 is 4.74 Å². The average Bonchev–Trinajstić information content (AvgIpc) is 2.56. The average molecular weight is 390 g/mol. The van der Waals surface area contributed by atoms with Gasteiger partial charge in [-0.05, 0) is 31.0 Å². The van der Waals surface area contributed by atoms with Crippen molar-refractivity contribution in [3.63, 3.8) is 0 Å². The second-order valence-corrected chi connectivity index (χ2v) is 5.65. The van der Waals surface area contributed by atoms with Gasteiger partial charge in [0.2, 0.25) is 11.4 Å². The molecule has 0 aromatic heterocycles. The van der Waals surface area contributed by atoms with Gasteiger partial charge in [0, 0.05) is 17.7 Å². The van der Waals surface area contributed by atoms with E-state index in [0.29, 0.717) is 0 Å². The van der Waals surface area contributed by atoms with E-state index < -0.39 is 50.7 Å². The van der Waals surface area contributed by atoms with Crippen molar-refractivity contribution in [1.82, 2.24) is 0 Å². The van der Waals surface area contributed by atoms with Gasteiger partial charge in [-0.1, -0.05) is 11.6 Å². The Labute approximate surface area is 149 Å². The van der Waals surface area contributed by atoms with Crippen LogP contribution in [0.3, 0.4) is 0 Å². The Balaban J connectivity index is 2.58. The van der Waals surface area contributed by atoms with Crippen LogP contribution in [0, 0.1) is 35.6 Å². The van der Waals surface area contributed by atoms with E-state index in [4.69, 9.17) is 21.4 Å². The van der Waals surface area contributed by atoms with Gasteiger partial charge < -0.3 is 9.84 Å². The predicted octanol–water partition coefficient (Wildman–Crippen LogP) is 5.19. The summed E-state index contributed by atoms with van der Waals surface area (Å²) in [5.41, 5.74) is -4.26. The van der Waals surface area contributed by atoms with Crippen molar-refractivity contribution >= 4 is 23.3 Å². The Morgan fingerprint density at radius 2 is 1.88 bits per heavy atom. The number of carboxylic acid groups (broad SMARTS) is 1. The van der Waals surface area contributed by atoms with Crippen LogP contribution in [0.15, 0.2) is 18.2 Å². The molecule has 0 aliphatic carbocycles. The molecule has 10 heteroatoms. The standard InChI is InChI=1S/C16H11ClF3NO5/c1-6-7(2)14(13(19)12(18)11(6)15(17)20)26-8-3-4-10(21(24)25)9(5-8)16(22)23/h3-5,15H,1-2H3,(H,22,23). The summed E-state index contributed by atoms with van der Waals surface area (Å²) >= 11 is 5.23. The van der Waals surface area contributed by atoms with Gasteiger partial charge >= 0.3 is 5.97 Å². The van der Waals surface area contributed by atoms with Crippen LogP contribution in [0.5, 0.6) is 11.5 Å². The summed E-state index contributed by atoms with van der Waals surface area (Å²) in [4.78, 5) is 21.1. The highest BCUT2D eigenvalue weighted by atomic mass is 35.5. The van der Waals surface area contributed by atoms with E-state index >= 15 is 0 Å². The Bertz CT molecular complexity index is 888. The lowest BCUT2D eigenvalue weighted by molar-refractivity contribution is -0.385. The molecule has 1 atom stereocenters. The zero-order chi connectivity index (χ0) is 19.8. The van der Waals surface area contributed by atoms with Crippen LogP contribution in [-0.2, 0) is 0 Å². The van der Waals surface area contributed by atoms with Crippen molar-refractivity contribution in [1.29, 1.82) is 0 Å². The number of nitrogens with zero attached hydrogens (tertiary/aromatic N) is 1. The molecule has 2 rings (SSSR count). The van der Waals surface area contributed by atoms with Crippen LogP contribution in [0.25, 0.3) is 0 Å². The summed E-state index contributed by atoms with van der Waals surface area (Å²) in [5, 5.41) is 19.9. The molecule has 0 aliphatic heterocycles. The molecule has 26 heavy (non-hydrogen) atoms. The molecule has 0 amide bonds. The summed E-state index contributed by atoms with van der Waals surface area (Å²) in [6.45, 7) is 2.65. The number of benzene rings is 2. The van der Waals surface area contributed by atoms with Gasteiger partial charge in [0.25, 0.3) is 5.69 Å². The third kappa shape index (κ3) is 3.43.